The molecular weight excluding hydrogens is 1050 g/mol. The molecule has 12 atom stereocenters. The van der Waals surface area contributed by atoms with Gasteiger partial charge in [0.2, 0.25) is 5.91 Å². The minimum atomic E-state index is -1.80. The van der Waals surface area contributed by atoms with Gasteiger partial charge in [-0.05, 0) is 70.6 Å². The Bertz CT molecular complexity index is 1620. The van der Waals surface area contributed by atoms with Gasteiger partial charge in [0, 0.05) is 6.42 Å². The molecule has 14 nitrogen and oxygen atoms in total. The minimum Gasteiger partial charge on any atom is -0.394 e. The Morgan fingerprint density at radius 2 is 0.807 bits per heavy atom. The summed E-state index contributed by atoms with van der Waals surface area (Å²) in [6.07, 6.45) is 54.2. The summed E-state index contributed by atoms with van der Waals surface area (Å²) in [7, 11) is 0. The van der Waals surface area contributed by atoms with Crippen molar-refractivity contribution in [3.8, 4) is 0 Å². The summed E-state index contributed by atoms with van der Waals surface area (Å²) in [4.78, 5) is 13.3. The fourth-order valence-electron chi connectivity index (χ4n) is 11.0. The number of nitrogens with one attached hydrogen (secondary N) is 1. The van der Waals surface area contributed by atoms with E-state index in [2.05, 4.69) is 67.8 Å². The van der Waals surface area contributed by atoms with Crippen molar-refractivity contribution in [2.75, 3.05) is 19.8 Å². The largest absolute Gasteiger partial charge is 0.394 e. The molecule has 0 spiro atoms. The highest BCUT2D eigenvalue weighted by molar-refractivity contribution is 5.76. The Balaban J connectivity index is 1.72. The highest BCUT2D eigenvalue weighted by atomic mass is 16.7. The van der Waals surface area contributed by atoms with Crippen LogP contribution in [0.5, 0.6) is 0 Å². The van der Waals surface area contributed by atoms with Gasteiger partial charge in [-0.25, -0.2) is 0 Å². The van der Waals surface area contributed by atoms with E-state index in [0.29, 0.717) is 12.8 Å². The molecule has 0 bridgehead atoms. The average Bonchev–Trinajstić information content (AvgIpc) is 3.59. The van der Waals surface area contributed by atoms with Crippen LogP contribution in [0.25, 0.3) is 0 Å². The van der Waals surface area contributed by atoms with E-state index >= 15 is 0 Å². The summed E-state index contributed by atoms with van der Waals surface area (Å²) < 4.78 is 22.8. The van der Waals surface area contributed by atoms with Gasteiger partial charge in [-0.3, -0.25) is 4.79 Å². The zero-order valence-electron chi connectivity index (χ0n) is 52.4. The third-order valence-electron chi connectivity index (χ3n) is 16.4. The SMILES string of the molecule is CCCCCCC/C=C\C/C=C\C/C=C\CCCCCCCCC(=O)NC(COC1OC(CO)C(OC2OC(CO)C(O)C(O)C2O)C(O)C1O)C(O)/C=C/CC/C=C/CCCCCCCCCCCCCCCCCCCCCCCC. The van der Waals surface area contributed by atoms with Gasteiger partial charge in [-0.15, -0.1) is 0 Å². The summed E-state index contributed by atoms with van der Waals surface area (Å²) in [5.41, 5.74) is 0. The van der Waals surface area contributed by atoms with Crippen molar-refractivity contribution in [3.63, 3.8) is 0 Å². The molecule has 2 heterocycles. The fraction of sp³-hybridized carbons (Fsp3) is 0.841. The van der Waals surface area contributed by atoms with Crippen molar-refractivity contribution >= 4 is 5.91 Å². The van der Waals surface area contributed by atoms with Gasteiger partial charge in [-0.1, -0.05) is 261 Å². The molecule has 484 valence electrons. The van der Waals surface area contributed by atoms with Crippen molar-refractivity contribution in [1.29, 1.82) is 0 Å². The number of ether oxygens (including phenoxy) is 4. The lowest BCUT2D eigenvalue weighted by Gasteiger charge is -2.46. The van der Waals surface area contributed by atoms with Gasteiger partial charge in [-0.2, -0.15) is 0 Å². The number of aliphatic hydroxyl groups is 8. The van der Waals surface area contributed by atoms with Crippen molar-refractivity contribution in [3.05, 3.63) is 60.8 Å². The van der Waals surface area contributed by atoms with Crippen molar-refractivity contribution in [1.82, 2.24) is 5.32 Å². The lowest BCUT2D eigenvalue weighted by Crippen LogP contribution is -2.65. The van der Waals surface area contributed by atoms with Crippen LogP contribution >= 0.6 is 0 Å². The van der Waals surface area contributed by atoms with Crippen LogP contribution in [0.3, 0.4) is 0 Å². The Labute approximate surface area is 505 Å². The predicted molar refractivity (Wildman–Crippen MR) is 337 cm³/mol. The molecule has 0 aromatic heterocycles. The Morgan fingerprint density at radius 3 is 1.27 bits per heavy atom. The van der Waals surface area contributed by atoms with Crippen LogP contribution in [0.15, 0.2) is 60.8 Å². The zero-order valence-corrected chi connectivity index (χ0v) is 52.4. The molecule has 1 amide bonds. The first kappa shape index (κ1) is 76.8. The van der Waals surface area contributed by atoms with E-state index in [-0.39, 0.29) is 18.9 Å². The molecule has 9 N–H and O–H groups in total. The maximum absolute atomic E-state index is 13.3. The molecule has 14 heteroatoms. The molecule has 0 aliphatic carbocycles. The third-order valence-corrected chi connectivity index (χ3v) is 16.4. The maximum Gasteiger partial charge on any atom is 0.220 e. The van der Waals surface area contributed by atoms with Gasteiger partial charge in [0.15, 0.2) is 12.6 Å². The van der Waals surface area contributed by atoms with Crippen molar-refractivity contribution < 1.29 is 64.6 Å². The molecule has 83 heavy (non-hydrogen) atoms. The van der Waals surface area contributed by atoms with Crippen molar-refractivity contribution in [2.24, 2.45) is 0 Å². The molecular formula is C69H125NO13. The van der Waals surface area contributed by atoms with Gasteiger partial charge in [0.1, 0.15) is 48.8 Å². The van der Waals surface area contributed by atoms with E-state index in [1.807, 2.05) is 6.08 Å². The number of hydrogen-bond donors (Lipinski definition) is 9. The highest BCUT2D eigenvalue weighted by Gasteiger charge is 2.51. The van der Waals surface area contributed by atoms with E-state index in [0.717, 1.165) is 64.2 Å². The second-order valence-corrected chi connectivity index (χ2v) is 23.9. The molecule has 2 fully saturated rings. The van der Waals surface area contributed by atoms with Gasteiger partial charge < -0.3 is 65.1 Å². The zero-order chi connectivity index (χ0) is 60.2. The molecule has 0 aromatic rings. The summed E-state index contributed by atoms with van der Waals surface area (Å²) in [5, 5.41) is 87.3. The molecule has 12 unspecified atom stereocenters. The van der Waals surface area contributed by atoms with Crippen LogP contribution in [0.4, 0.5) is 0 Å². The van der Waals surface area contributed by atoms with Crippen molar-refractivity contribution in [2.45, 2.75) is 351 Å². The first-order chi connectivity index (χ1) is 40.6. The van der Waals surface area contributed by atoms with E-state index in [9.17, 15) is 45.6 Å². The summed E-state index contributed by atoms with van der Waals surface area (Å²) >= 11 is 0. The molecule has 2 aliphatic heterocycles. The number of aliphatic hydroxyl groups excluding tert-OH is 8. The molecule has 0 aromatic carbocycles. The van der Waals surface area contributed by atoms with E-state index in [1.54, 1.807) is 6.08 Å². The Kier molecular flexibility index (Phi) is 49.9. The van der Waals surface area contributed by atoms with Crippen LogP contribution < -0.4 is 5.32 Å². The van der Waals surface area contributed by atoms with E-state index < -0.39 is 86.8 Å². The normalized spacial score (nSPS) is 24.2. The first-order valence-electron chi connectivity index (χ1n) is 34.0. The molecule has 0 saturated carbocycles. The van der Waals surface area contributed by atoms with Crippen LogP contribution in [0.1, 0.15) is 277 Å². The average molecular weight is 1180 g/mol. The molecule has 2 rings (SSSR count). The highest BCUT2D eigenvalue weighted by Crippen LogP contribution is 2.30. The van der Waals surface area contributed by atoms with Crippen LogP contribution in [0, 0.1) is 0 Å². The van der Waals surface area contributed by atoms with Crippen LogP contribution in [-0.2, 0) is 23.7 Å². The third kappa shape index (κ3) is 38.6. The number of unbranched alkanes of at least 4 members (excludes halogenated alkanes) is 34. The minimum absolute atomic E-state index is 0.257. The van der Waals surface area contributed by atoms with E-state index in [1.165, 1.54) is 180 Å². The summed E-state index contributed by atoms with van der Waals surface area (Å²) in [6, 6.07) is -0.942. The molecule has 2 aliphatic rings. The fourth-order valence-corrected chi connectivity index (χ4v) is 11.0. The Morgan fingerprint density at radius 1 is 0.434 bits per heavy atom. The Hall–Kier alpha value is -2.31. The van der Waals surface area contributed by atoms with Crippen LogP contribution in [0.2, 0.25) is 0 Å². The molecule has 0 radical (unpaired) electrons. The van der Waals surface area contributed by atoms with Gasteiger partial charge in [0.05, 0.1) is 32.0 Å². The number of carbonyl (C=O) groups excluding carboxylic acids is 1. The van der Waals surface area contributed by atoms with Gasteiger partial charge >= 0.3 is 0 Å². The standard InChI is InChI=1S/C69H125NO13/c1-3-5-7-9-11-13-15-17-19-21-23-25-26-27-28-29-30-31-33-34-36-38-40-42-44-46-48-50-52-58(73)57(56-80-68-66(79)64(77)67(60(55-72)82-68)83-69-65(78)63(76)62(75)59(54-71)81-69)70-61(74)53-51-49-47-45-43-41-39-37-35-32-24-22-20-18-16-14-12-10-8-6-4-2/h16,18,22,24,35,37,42,44,50,52,57-60,62-69,71-73,75-79H,3-15,17,19-21,23,25-34,36,38-41,43,45-49,51,53-56H2,1-2H3,(H,70,74)/b18-16-,24-22-,37-35-,44-42+,52-50+. The number of rotatable bonds is 55. The molecule has 2 saturated heterocycles. The number of hydrogen-bond acceptors (Lipinski definition) is 13. The summed E-state index contributed by atoms with van der Waals surface area (Å²) in [6.45, 7) is 2.79. The second kappa shape index (κ2) is 53.9. The monoisotopic (exact) mass is 1180 g/mol. The quantitative estimate of drug-likeness (QED) is 0.0204. The van der Waals surface area contributed by atoms with Gasteiger partial charge in [0.25, 0.3) is 0 Å². The van der Waals surface area contributed by atoms with Crippen LogP contribution in [-0.4, -0.2) is 140 Å². The second-order valence-electron chi connectivity index (χ2n) is 23.9. The maximum atomic E-state index is 13.3. The number of allylic oxidation sites excluding steroid dienone is 9. The first-order valence-corrected chi connectivity index (χ1v) is 34.0. The number of carbonyl (C=O) groups is 1. The number of amides is 1. The lowest BCUT2D eigenvalue weighted by molar-refractivity contribution is -0.359. The predicted octanol–water partition coefficient (Wildman–Crippen LogP) is 13.3. The lowest BCUT2D eigenvalue weighted by atomic mass is 9.97. The topological polar surface area (TPSA) is 228 Å². The summed E-state index contributed by atoms with van der Waals surface area (Å²) in [5.74, 6) is -0.260. The van der Waals surface area contributed by atoms with E-state index in [4.69, 9.17) is 18.9 Å². The smallest absolute Gasteiger partial charge is 0.220 e.